The summed E-state index contributed by atoms with van der Waals surface area (Å²) in [5.74, 6) is -1.51. The van der Waals surface area contributed by atoms with Crippen molar-refractivity contribution in [3.8, 4) is 0 Å². The van der Waals surface area contributed by atoms with Crippen molar-refractivity contribution in [2.75, 3.05) is 36.1 Å². The number of halogens is 2. The SMILES string of the molecule is Cc1cc(N2CCOCC2)ccc1C=C1C(=O)NC(=O)N(c2ccc(Cl)cc2Cl)C1=O. The van der Waals surface area contributed by atoms with Gasteiger partial charge in [-0.3, -0.25) is 14.9 Å². The molecular formula is C22H19Cl2N3O4. The number of hydrogen-bond acceptors (Lipinski definition) is 5. The van der Waals surface area contributed by atoms with E-state index in [-0.39, 0.29) is 16.3 Å². The molecule has 0 bridgehead atoms. The number of nitrogens with zero attached hydrogens (tertiary/aromatic N) is 2. The Hall–Kier alpha value is -2.87. The zero-order valence-corrected chi connectivity index (χ0v) is 18.2. The summed E-state index contributed by atoms with van der Waals surface area (Å²) in [6, 6.07) is 9.32. The number of carbonyl (C=O) groups is 3. The molecule has 2 aromatic rings. The van der Waals surface area contributed by atoms with E-state index in [0.717, 1.165) is 29.2 Å². The van der Waals surface area contributed by atoms with Crippen LogP contribution in [-0.2, 0) is 14.3 Å². The number of amides is 4. The fraction of sp³-hybridized carbons (Fsp3) is 0.227. The molecule has 31 heavy (non-hydrogen) atoms. The number of hydrogen-bond donors (Lipinski definition) is 1. The molecule has 0 unspecified atom stereocenters. The molecule has 1 N–H and O–H groups in total. The van der Waals surface area contributed by atoms with Crippen LogP contribution >= 0.6 is 23.2 Å². The van der Waals surface area contributed by atoms with Crippen LogP contribution in [0.4, 0.5) is 16.2 Å². The molecule has 2 saturated heterocycles. The van der Waals surface area contributed by atoms with E-state index in [0.29, 0.717) is 23.8 Å². The van der Waals surface area contributed by atoms with E-state index in [2.05, 4.69) is 10.2 Å². The van der Waals surface area contributed by atoms with Crippen LogP contribution in [0, 0.1) is 6.92 Å². The predicted octanol–water partition coefficient (Wildman–Crippen LogP) is 3.80. The monoisotopic (exact) mass is 459 g/mol. The number of anilines is 2. The van der Waals surface area contributed by atoms with E-state index in [1.807, 2.05) is 25.1 Å². The summed E-state index contributed by atoms with van der Waals surface area (Å²) in [5.41, 5.74) is 2.63. The fourth-order valence-corrected chi connectivity index (χ4v) is 4.03. The van der Waals surface area contributed by atoms with Crippen LogP contribution in [0.15, 0.2) is 42.0 Å². The van der Waals surface area contributed by atoms with Crippen molar-refractivity contribution in [2.45, 2.75) is 6.92 Å². The Labute approximate surface area is 189 Å². The van der Waals surface area contributed by atoms with E-state index < -0.39 is 17.8 Å². The zero-order chi connectivity index (χ0) is 22.1. The number of urea groups is 1. The minimum absolute atomic E-state index is 0.121. The fourth-order valence-electron chi connectivity index (χ4n) is 3.53. The molecule has 160 valence electrons. The van der Waals surface area contributed by atoms with Gasteiger partial charge in [0.1, 0.15) is 5.57 Å². The Morgan fingerprint density at radius 3 is 2.45 bits per heavy atom. The van der Waals surface area contributed by atoms with Crippen LogP contribution in [-0.4, -0.2) is 44.1 Å². The lowest BCUT2D eigenvalue weighted by Crippen LogP contribution is -2.54. The predicted molar refractivity (Wildman–Crippen MR) is 120 cm³/mol. The lowest BCUT2D eigenvalue weighted by atomic mass is 10.0. The van der Waals surface area contributed by atoms with E-state index in [1.54, 1.807) is 0 Å². The van der Waals surface area contributed by atoms with Gasteiger partial charge in [-0.1, -0.05) is 29.3 Å². The molecule has 0 atom stereocenters. The number of barbiturate groups is 1. The first kappa shape index (κ1) is 21.4. The van der Waals surface area contributed by atoms with Gasteiger partial charge in [-0.15, -0.1) is 0 Å². The highest BCUT2D eigenvalue weighted by atomic mass is 35.5. The number of imide groups is 2. The first-order chi connectivity index (χ1) is 14.8. The molecule has 2 aromatic carbocycles. The second-order valence-corrected chi connectivity index (χ2v) is 8.04. The van der Waals surface area contributed by atoms with E-state index >= 15 is 0 Å². The van der Waals surface area contributed by atoms with E-state index in [1.165, 1.54) is 24.3 Å². The molecule has 2 heterocycles. The molecule has 2 aliphatic heterocycles. The topological polar surface area (TPSA) is 79.0 Å². The van der Waals surface area contributed by atoms with Crippen LogP contribution in [0.5, 0.6) is 0 Å². The molecule has 0 spiro atoms. The smallest absolute Gasteiger partial charge is 0.335 e. The van der Waals surface area contributed by atoms with Crippen molar-refractivity contribution in [1.82, 2.24) is 5.32 Å². The van der Waals surface area contributed by atoms with Gasteiger partial charge in [0.05, 0.1) is 23.9 Å². The molecule has 2 aliphatic rings. The first-order valence-electron chi connectivity index (χ1n) is 9.65. The minimum atomic E-state index is -0.865. The molecule has 4 rings (SSSR count). The molecule has 0 radical (unpaired) electrons. The highest BCUT2D eigenvalue weighted by Gasteiger charge is 2.37. The molecule has 7 nitrogen and oxygen atoms in total. The Balaban J connectivity index is 1.67. The Kier molecular flexibility index (Phi) is 6.00. The maximum Gasteiger partial charge on any atom is 0.335 e. The van der Waals surface area contributed by atoms with E-state index in [9.17, 15) is 14.4 Å². The van der Waals surface area contributed by atoms with Crippen molar-refractivity contribution in [3.05, 3.63) is 63.1 Å². The molecule has 0 aliphatic carbocycles. The Morgan fingerprint density at radius 2 is 1.77 bits per heavy atom. The van der Waals surface area contributed by atoms with Crippen molar-refractivity contribution < 1.29 is 19.1 Å². The highest BCUT2D eigenvalue weighted by molar-refractivity contribution is 6.42. The summed E-state index contributed by atoms with van der Waals surface area (Å²) in [4.78, 5) is 40.9. The third kappa shape index (κ3) is 4.30. The summed E-state index contributed by atoms with van der Waals surface area (Å²) >= 11 is 12.1. The average Bonchev–Trinajstić information content (AvgIpc) is 2.74. The van der Waals surface area contributed by atoms with Crippen molar-refractivity contribution in [3.63, 3.8) is 0 Å². The van der Waals surface area contributed by atoms with Gasteiger partial charge in [-0.05, 0) is 54.5 Å². The van der Waals surface area contributed by atoms with Gasteiger partial charge in [0.25, 0.3) is 11.8 Å². The van der Waals surface area contributed by atoms with Gasteiger partial charge in [-0.2, -0.15) is 0 Å². The largest absolute Gasteiger partial charge is 0.378 e. The summed E-state index contributed by atoms with van der Waals surface area (Å²) in [5, 5.41) is 2.68. The number of benzene rings is 2. The maximum absolute atomic E-state index is 13.1. The summed E-state index contributed by atoms with van der Waals surface area (Å²) < 4.78 is 5.39. The number of nitrogens with one attached hydrogen (secondary N) is 1. The number of carbonyl (C=O) groups excluding carboxylic acids is 3. The van der Waals surface area contributed by atoms with Gasteiger partial charge in [-0.25, -0.2) is 9.69 Å². The van der Waals surface area contributed by atoms with Gasteiger partial charge in [0.2, 0.25) is 0 Å². The summed E-state index contributed by atoms with van der Waals surface area (Å²) in [6.07, 6.45) is 1.49. The summed E-state index contributed by atoms with van der Waals surface area (Å²) in [7, 11) is 0. The van der Waals surface area contributed by atoms with Gasteiger partial charge >= 0.3 is 6.03 Å². The molecule has 4 amide bonds. The summed E-state index contributed by atoms with van der Waals surface area (Å²) in [6.45, 7) is 4.87. The van der Waals surface area contributed by atoms with Crippen LogP contribution in [0.25, 0.3) is 6.08 Å². The second-order valence-electron chi connectivity index (χ2n) is 7.19. The third-order valence-electron chi connectivity index (χ3n) is 5.18. The number of aryl methyl sites for hydroxylation is 1. The normalized spacial score (nSPS) is 18.5. The lowest BCUT2D eigenvalue weighted by Gasteiger charge is -2.29. The van der Waals surface area contributed by atoms with Gasteiger partial charge in [0.15, 0.2) is 0 Å². The molecule has 0 saturated carbocycles. The quantitative estimate of drug-likeness (QED) is 0.557. The third-order valence-corrected chi connectivity index (χ3v) is 5.72. The Bertz CT molecular complexity index is 1110. The minimum Gasteiger partial charge on any atom is -0.378 e. The van der Waals surface area contributed by atoms with Gasteiger partial charge in [0, 0.05) is 23.8 Å². The number of ether oxygens (including phenoxy) is 1. The Morgan fingerprint density at radius 1 is 1.03 bits per heavy atom. The zero-order valence-electron chi connectivity index (χ0n) is 16.7. The molecule has 2 fully saturated rings. The molecular weight excluding hydrogens is 441 g/mol. The second kappa shape index (κ2) is 8.70. The first-order valence-corrected chi connectivity index (χ1v) is 10.4. The molecule has 0 aromatic heterocycles. The lowest BCUT2D eigenvalue weighted by molar-refractivity contribution is -0.122. The van der Waals surface area contributed by atoms with Gasteiger partial charge < -0.3 is 9.64 Å². The van der Waals surface area contributed by atoms with Crippen molar-refractivity contribution in [2.24, 2.45) is 0 Å². The van der Waals surface area contributed by atoms with Crippen LogP contribution in [0.2, 0.25) is 10.0 Å². The van der Waals surface area contributed by atoms with Crippen LogP contribution < -0.4 is 15.1 Å². The average molecular weight is 460 g/mol. The van der Waals surface area contributed by atoms with Crippen molar-refractivity contribution >= 4 is 58.5 Å². The van der Waals surface area contributed by atoms with Crippen LogP contribution in [0.1, 0.15) is 11.1 Å². The number of morpholine rings is 1. The number of rotatable bonds is 3. The standard InChI is InChI=1S/C22H19Cl2N3O4/c1-13-10-16(26-6-8-31-9-7-26)4-2-14(13)11-17-20(28)25-22(30)27(21(17)29)19-5-3-15(23)12-18(19)24/h2-5,10-12H,6-9H2,1H3,(H,25,28,30). The molecule has 9 heteroatoms. The maximum atomic E-state index is 13.1. The van der Waals surface area contributed by atoms with E-state index in [4.69, 9.17) is 27.9 Å². The highest BCUT2D eigenvalue weighted by Crippen LogP contribution is 2.32. The van der Waals surface area contributed by atoms with Crippen molar-refractivity contribution in [1.29, 1.82) is 0 Å². The van der Waals surface area contributed by atoms with Crippen LogP contribution in [0.3, 0.4) is 0 Å².